The predicted molar refractivity (Wildman–Crippen MR) is 134 cm³/mol. The molecule has 34 heavy (non-hydrogen) atoms. The zero-order chi connectivity index (χ0) is 23.3. The Labute approximate surface area is 202 Å². The van der Waals surface area contributed by atoms with Crippen LogP contribution in [0.2, 0.25) is 0 Å². The first-order valence-electron chi connectivity index (χ1n) is 11.6. The molecule has 1 aliphatic heterocycles. The molecule has 8 nitrogen and oxygen atoms in total. The predicted octanol–water partition coefficient (Wildman–Crippen LogP) is 3.11. The molecule has 1 atom stereocenters. The number of ether oxygens (including phenoxy) is 1. The molecule has 0 saturated carbocycles. The number of morpholine rings is 1. The van der Waals surface area contributed by atoms with Crippen LogP contribution in [-0.4, -0.2) is 68.7 Å². The fourth-order valence-corrected chi connectivity index (χ4v) is 4.98. The Hall–Kier alpha value is -3.01. The van der Waals surface area contributed by atoms with Gasteiger partial charge in [-0.05, 0) is 18.6 Å². The number of carbonyl (C=O) groups is 1. The molecule has 1 saturated heterocycles. The van der Waals surface area contributed by atoms with Gasteiger partial charge < -0.3 is 14.6 Å². The highest BCUT2D eigenvalue weighted by Gasteiger charge is 2.21. The van der Waals surface area contributed by atoms with Crippen LogP contribution in [0.15, 0.2) is 59.8 Å². The molecule has 9 heteroatoms. The maximum Gasteiger partial charge on any atom is 0.230 e. The molecule has 0 radical (unpaired) electrons. The van der Waals surface area contributed by atoms with Gasteiger partial charge in [-0.1, -0.05) is 60.3 Å². The molecule has 4 aromatic rings. The lowest BCUT2D eigenvalue weighted by Crippen LogP contribution is -2.47. The molecule has 1 aliphatic rings. The molecular formula is C25H28N6O2S. The number of rotatable bonds is 8. The summed E-state index contributed by atoms with van der Waals surface area (Å²) < 4.78 is 7.99. The van der Waals surface area contributed by atoms with E-state index in [2.05, 4.69) is 62.2 Å². The number of hydrogen-bond donors (Lipinski definition) is 1. The standard InChI is InChI=1S/C25H28N6O2S/c1-2-31-21-11-7-6-10-20(21)23-24(31)27-25(29-28-23)34-17-22(32)26-14-19-16-30(12-13-33-19)15-18-8-4-3-5-9-18/h3-11,19H,2,12-17H2,1H3,(H,26,32). The van der Waals surface area contributed by atoms with Crippen molar-refractivity contribution < 1.29 is 9.53 Å². The van der Waals surface area contributed by atoms with E-state index in [1.165, 1.54) is 17.3 Å². The number of fused-ring (bicyclic) bond motifs is 3. The van der Waals surface area contributed by atoms with Crippen molar-refractivity contribution in [2.45, 2.75) is 31.3 Å². The monoisotopic (exact) mass is 476 g/mol. The zero-order valence-corrected chi connectivity index (χ0v) is 20.0. The highest BCUT2D eigenvalue weighted by molar-refractivity contribution is 7.99. The lowest BCUT2D eigenvalue weighted by atomic mass is 10.2. The van der Waals surface area contributed by atoms with Crippen molar-refractivity contribution in [2.75, 3.05) is 32.0 Å². The van der Waals surface area contributed by atoms with Crippen LogP contribution < -0.4 is 5.32 Å². The summed E-state index contributed by atoms with van der Waals surface area (Å²) in [5.41, 5.74) is 3.98. The van der Waals surface area contributed by atoms with Crippen molar-refractivity contribution in [3.8, 4) is 0 Å². The van der Waals surface area contributed by atoms with Gasteiger partial charge in [0.25, 0.3) is 0 Å². The van der Waals surface area contributed by atoms with Crippen molar-refractivity contribution in [1.29, 1.82) is 0 Å². The average Bonchev–Trinajstić information content (AvgIpc) is 3.20. The fraction of sp³-hybridized carbons (Fsp3) is 0.360. The van der Waals surface area contributed by atoms with Gasteiger partial charge in [0.1, 0.15) is 5.52 Å². The number of aryl methyl sites for hydroxylation is 1. The minimum Gasteiger partial charge on any atom is -0.374 e. The molecular weight excluding hydrogens is 448 g/mol. The topological polar surface area (TPSA) is 85.2 Å². The number of carbonyl (C=O) groups excluding carboxylic acids is 1. The minimum atomic E-state index is -0.0616. The van der Waals surface area contributed by atoms with E-state index in [4.69, 9.17) is 9.72 Å². The number of nitrogens with zero attached hydrogens (tertiary/aromatic N) is 5. The van der Waals surface area contributed by atoms with E-state index in [1.807, 2.05) is 24.3 Å². The number of aromatic nitrogens is 4. The first-order chi connectivity index (χ1) is 16.7. The fourth-order valence-electron chi connectivity index (χ4n) is 4.37. The Kier molecular flexibility index (Phi) is 7.03. The molecule has 0 spiro atoms. The van der Waals surface area contributed by atoms with E-state index < -0.39 is 0 Å². The van der Waals surface area contributed by atoms with Crippen molar-refractivity contribution in [3.05, 3.63) is 60.2 Å². The molecule has 1 unspecified atom stereocenters. The molecule has 1 N–H and O–H groups in total. The van der Waals surface area contributed by atoms with Crippen LogP contribution in [0.4, 0.5) is 0 Å². The third kappa shape index (κ3) is 5.06. The number of amides is 1. The van der Waals surface area contributed by atoms with Crippen LogP contribution in [-0.2, 0) is 22.6 Å². The summed E-state index contributed by atoms with van der Waals surface area (Å²) in [6.45, 7) is 6.63. The summed E-state index contributed by atoms with van der Waals surface area (Å²) in [7, 11) is 0. The third-order valence-corrected chi connectivity index (χ3v) is 6.84. The summed E-state index contributed by atoms with van der Waals surface area (Å²) in [5.74, 6) is 0.175. The molecule has 2 aromatic heterocycles. The van der Waals surface area contributed by atoms with Crippen LogP contribution in [0.5, 0.6) is 0 Å². The van der Waals surface area contributed by atoms with E-state index in [0.29, 0.717) is 18.3 Å². The molecule has 1 fully saturated rings. The van der Waals surface area contributed by atoms with E-state index in [-0.39, 0.29) is 17.8 Å². The SMILES string of the molecule is CCn1c2ccccc2c2nnc(SCC(=O)NCC3CN(Cc4ccccc4)CCO3)nc21. The summed E-state index contributed by atoms with van der Waals surface area (Å²) in [6, 6.07) is 18.5. The highest BCUT2D eigenvalue weighted by Crippen LogP contribution is 2.26. The molecule has 0 bridgehead atoms. The average molecular weight is 477 g/mol. The second kappa shape index (κ2) is 10.5. The summed E-state index contributed by atoms with van der Waals surface area (Å²) in [5, 5.41) is 13.2. The van der Waals surface area contributed by atoms with E-state index in [1.54, 1.807) is 0 Å². The maximum absolute atomic E-state index is 12.5. The Balaban J connectivity index is 1.14. The zero-order valence-electron chi connectivity index (χ0n) is 19.2. The highest BCUT2D eigenvalue weighted by atomic mass is 32.2. The normalized spacial score (nSPS) is 16.8. The molecule has 1 amide bonds. The Morgan fingerprint density at radius 1 is 1.15 bits per heavy atom. The van der Waals surface area contributed by atoms with Gasteiger partial charge >= 0.3 is 0 Å². The maximum atomic E-state index is 12.5. The van der Waals surface area contributed by atoms with Gasteiger partial charge in [0.15, 0.2) is 5.65 Å². The van der Waals surface area contributed by atoms with Crippen LogP contribution >= 0.6 is 11.8 Å². The van der Waals surface area contributed by atoms with Gasteiger partial charge in [-0.2, -0.15) is 0 Å². The van der Waals surface area contributed by atoms with Crippen LogP contribution in [0.1, 0.15) is 12.5 Å². The van der Waals surface area contributed by atoms with Crippen molar-refractivity contribution in [3.63, 3.8) is 0 Å². The molecule has 2 aromatic carbocycles. The van der Waals surface area contributed by atoms with Crippen molar-refractivity contribution in [2.24, 2.45) is 0 Å². The third-order valence-electron chi connectivity index (χ3n) is 6.00. The number of benzene rings is 2. The number of hydrogen-bond acceptors (Lipinski definition) is 7. The molecule has 0 aliphatic carbocycles. The van der Waals surface area contributed by atoms with Crippen LogP contribution in [0.3, 0.4) is 0 Å². The van der Waals surface area contributed by atoms with E-state index in [0.717, 1.165) is 48.2 Å². The van der Waals surface area contributed by atoms with Gasteiger partial charge in [-0.25, -0.2) is 4.98 Å². The van der Waals surface area contributed by atoms with Crippen LogP contribution in [0.25, 0.3) is 22.1 Å². The Morgan fingerprint density at radius 3 is 2.82 bits per heavy atom. The number of para-hydroxylation sites is 1. The Morgan fingerprint density at radius 2 is 1.97 bits per heavy atom. The quantitative estimate of drug-likeness (QED) is 0.391. The van der Waals surface area contributed by atoms with Gasteiger partial charge in [0.05, 0.1) is 24.0 Å². The van der Waals surface area contributed by atoms with Crippen molar-refractivity contribution >= 4 is 39.7 Å². The minimum absolute atomic E-state index is 0.0130. The molecule has 5 rings (SSSR count). The molecule has 3 heterocycles. The van der Waals surface area contributed by atoms with E-state index >= 15 is 0 Å². The largest absolute Gasteiger partial charge is 0.374 e. The summed E-state index contributed by atoms with van der Waals surface area (Å²) >= 11 is 1.30. The lowest BCUT2D eigenvalue weighted by molar-refractivity contribution is -0.119. The number of nitrogens with one attached hydrogen (secondary N) is 1. The van der Waals surface area contributed by atoms with Gasteiger partial charge in [0.2, 0.25) is 11.1 Å². The summed E-state index contributed by atoms with van der Waals surface area (Å²) in [4.78, 5) is 19.5. The van der Waals surface area contributed by atoms with E-state index in [9.17, 15) is 4.79 Å². The Bertz CT molecular complexity index is 1280. The second-order valence-corrected chi connectivity index (χ2v) is 9.28. The van der Waals surface area contributed by atoms with Crippen LogP contribution in [0, 0.1) is 0 Å². The first-order valence-corrected chi connectivity index (χ1v) is 12.6. The number of thioether (sulfide) groups is 1. The smallest absolute Gasteiger partial charge is 0.230 e. The lowest BCUT2D eigenvalue weighted by Gasteiger charge is -2.33. The second-order valence-electron chi connectivity index (χ2n) is 8.33. The summed E-state index contributed by atoms with van der Waals surface area (Å²) in [6.07, 6.45) is -0.0130. The van der Waals surface area contributed by atoms with Gasteiger partial charge in [-0.15, -0.1) is 10.2 Å². The van der Waals surface area contributed by atoms with Gasteiger partial charge in [0, 0.05) is 38.1 Å². The van der Waals surface area contributed by atoms with Crippen molar-refractivity contribution in [1.82, 2.24) is 30.0 Å². The van der Waals surface area contributed by atoms with Gasteiger partial charge in [-0.3, -0.25) is 9.69 Å². The first kappa shape index (κ1) is 22.8. The molecule has 176 valence electrons.